The molecule has 4 heteroatoms. The van der Waals surface area contributed by atoms with Gasteiger partial charge in [-0.3, -0.25) is 9.13 Å². The fourth-order valence-electron chi connectivity index (χ4n) is 8.24. The van der Waals surface area contributed by atoms with Gasteiger partial charge in [0.2, 0.25) is 0 Å². The number of benzene rings is 6. The summed E-state index contributed by atoms with van der Waals surface area (Å²) in [6.45, 7) is 18.3. The summed E-state index contributed by atoms with van der Waals surface area (Å²) in [5, 5.41) is 5.21. The Balaban J connectivity index is 0.000000183. The van der Waals surface area contributed by atoms with E-state index in [4.69, 9.17) is 0 Å². The Morgan fingerprint density at radius 2 is 0.906 bits per heavy atom. The van der Waals surface area contributed by atoms with Gasteiger partial charge >= 0.3 is 0 Å². The molecule has 0 amide bonds. The Labute approximate surface area is 329 Å². The van der Waals surface area contributed by atoms with Crippen LogP contribution in [-0.4, -0.2) is 8.97 Å². The van der Waals surface area contributed by atoms with E-state index in [1.54, 1.807) is 0 Å². The molecule has 0 atom stereocenters. The van der Waals surface area contributed by atoms with Gasteiger partial charge in [-0.05, 0) is 74.3 Å². The molecule has 3 aromatic heterocycles. The molecule has 271 valence electrons. The van der Waals surface area contributed by atoms with Crippen LogP contribution < -0.4 is 4.57 Å². The number of hydrogen-bond donors (Lipinski definition) is 0. The van der Waals surface area contributed by atoms with E-state index >= 15 is 0 Å². The van der Waals surface area contributed by atoms with E-state index in [2.05, 4.69) is 203 Å². The molecular weight excluding hydrogens is 828 g/mol. The van der Waals surface area contributed by atoms with E-state index < -0.39 is 0 Å². The van der Waals surface area contributed by atoms with Crippen molar-refractivity contribution >= 4 is 49.1 Å². The first kappa shape index (κ1) is 36.7. The molecule has 1 radical (unpaired) electrons. The number of hydrogen-bond acceptors (Lipinski definition) is 0. The number of para-hydroxylation sites is 6. The fourth-order valence-corrected chi connectivity index (χ4v) is 8.24. The predicted octanol–water partition coefficient (Wildman–Crippen LogP) is 12.8. The average Bonchev–Trinajstić information content (AvgIpc) is 3.82. The molecular formula is C49H48AuN3-. The summed E-state index contributed by atoms with van der Waals surface area (Å²) in [5.41, 5.74) is 14.3. The number of imidazole rings is 1. The molecule has 3 heterocycles. The van der Waals surface area contributed by atoms with E-state index in [-0.39, 0.29) is 22.4 Å². The minimum absolute atomic E-state index is 0. The Morgan fingerprint density at radius 3 is 1.40 bits per heavy atom. The van der Waals surface area contributed by atoms with Crippen LogP contribution in [0.25, 0.3) is 60.5 Å². The van der Waals surface area contributed by atoms with Gasteiger partial charge in [0.15, 0.2) is 0 Å². The normalized spacial score (nSPS) is 11.9. The van der Waals surface area contributed by atoms with E-state index in [0.717, 1.165) is 0 Å². The van der Waals surface area contributed by atoms with Crippen LogP contribution in [0.5, 0.6) is 0 Å². The van der Waals surface area contributed by atoms with Crippen LogP contribution in [-0.2, 0) is 22.4 Å². The van der Waals surface area contributed by atoms with Crippen LogP contribution in [0, 0.1) is 12.4 Å². The van der Waals surface area contributed by atoms with Crippen LogP contribution in [0.3, 0.4) is 0 Å². The van der Waals surface area contributed by atoms with Gasteiger partial charge in [-0.25, -0.2) is 0 Å². The second kappa shape index (κ2) is 14.6. The monoisotopic (exact) mass is 875 g/mol. The minimum atomic E-state index is 0. The average molecular weight is 876 g/mol. The second-order valence-corrected chi connectivity index (χ2v) is 15.4. The van der Waals surface area contributed by atoms with Crippen LogP contribution >= 0.6 is 0 Å². The first-order valence-electron chi connectivity index (χ1n) is 18.9. The van der Waals surface area contributed by atoms with Gasteiger partial charge in [-0.15, -0.1) is 10.8 Å². The molecule has 0 aliphatic heterocycles. The first-order valence-corrected chi connectivity index (χ1v) is 18.9. The van der Waals surface area contributed by atoms with E-state index in [9.17, 15) is 0 Å². The molecule has 0 saturated carbocycles. The number of aromatic nitrogens is 3. The molecule has 0 aliphatic rings. The Morgan fingerprint density at radius 1 is 0.472 bits per heavy atom. The van der Waals surface area contributed by atoms with Crippen molar-refractivity contribution in [3.63, 3.8) is 0 Å². The smallest absolute Gasteiger partial charge is 0.269 e. The fraction of sp³-hybridized carbons (Fsp3) is 0.245. The maximum absolute atomic E-state index is 3.84. The third kappa shape index (κ3) is 6.09. The molecule has 9 aromatic rings. The molecule has 0 bridgehead atoms. The molecule has 0 spiro atoms. The van der Waals surface area contributed by atoms with Crippen molar-refractivity contribution in [3.8, 4) is 11.4 Å². The van der Waals surface area contributed by atoms with Crippen molar-refractivity contribution in [2.45, 2.75) is 79.1 Å². The topological polar surface area (TPSA) is 13.2 Å². The molecule has 9 rings (SSSR count). The summed E-state index contributed by atoms with van der Waals surface area (Å²) in [5.74, 6) is 1.71. The van der Waals surface area contributed by atoms with Crippen LogP contribution in [0.2, 0.25) is 0 Å². The summed E-state index contributed by atoms with van der Waals surface area (Å²) >= 11 is 0. The van der Waals surface area contributed by atoms with Gasteiger partial charge < -0.3 is 4.40 Å². The zero-order valence-electron chi connectivity index (χ0n) is 32.0. The Hall–Kier alpha value is -4.67. The van der Waals surface area contributed by atoms with Crippen molar-refractivity contribution in [2.75, 3.05) is 0 Å². The molecule has 0 saturated heterocycles. The summed E-state index contributed by atoms with van der Waals surface area (Å²) in [4.78, 5) is 0. The van der Waals surface area contributed by atoms with E-state index in [1.807, 2.05) is 0 Å². The zero-order valence-corrected chi connectivity index (χ0v) is 34.2. The molecule has 0 unspecified atom stereocenters. The third-order valence-electron chi connectivity index (χ3n) is 10.8. The summed E-state index contributed by atoms with van der Waals surface area (Å²) in [6.07, 6.45) is 3.84. The predicted molar refractivity (Wildman–Crippen MR) is 220 cm³/mol. The first-order chi connectivity index (χ1) is 25.2. The van der Waals surface area contributed by atoms with Gasteiger partial charge in [-0.1, -0.05) is 152 Å². The van der Waals surface area contributed by atoms with Gasteiger partial charge in [0.05, 0.1) is 22.4 Å². The van der Waals surface area contributed by atoms with Crippen LogP contribution in [0.1, 0.15) is 101 Å². The summed E-state index contributed by atoms with van der Waals surface area (Å²) in [6, 6.07) is 47.0. The van der Waals surface area contributed by atoms with Gasteiger partial charge in [-0.2, -0.15) is 18.2 Å². The molecule has 3 nitrogen and oxygen atoms in total. The van der Waals surface area contributed by atoms with Crippen molar-refractivity contribution in [1.29, 1.82) is 0 Å². The largest absolute Gasteiger partial charge is 0.334 e. The van der Waals surface area contributed by atoms with Crippen molar-refractivity contribution < 1.29 is 26.9 Å². The molecule has 0 fully saturated rings. The van der Waals surface area contributed by atoms with E-state index in [1.165, 1.54) is 82.8 Å². The summed E-state index contributed by atoms with van der Waals surface area (Å²) in [7, 11) is 0. The SMILES string of the molecule is CC(C)c1cccc(C(C)C)c1-n1[c-][n+](-c2c(C(C)C)cccc2C(C)C)c2ccccc21.[Au].[c-]1cc2c3ccccc3n3c4ccccc4c(c1)c23. The standard InChI is InChI=1S/C31H38N2.C18H10N.Au/c1-20(2)24-13-11-14-25(21(3)4)30(24)32-19-33(29-18-10-9-17-28(29)32)31-26(22(5)6)15-12-16-27(31)23(7)8;1-3-10-16-12(6-1)14-8-5-9-15-13-7-2-4-11-17(13)19(16)18(14)15;/h9-18,20-23H,1-8H3;1-4,6-11H;/q;-1;. The molecule has 0 aliphatic carbocycles. The second-order valence-electron chi connectivity index (χ2n) is 15.4. The van der Waals surface area contributed by atoms with Crippen LogP contribution in [0.15, 0.2) is 121 Å². The zero-order chi connectivity index (χ0) is 36.3. The summed E-state index contributed by atoms with van der Waals surface area (Å²) < 4.78 is 7.02. The van der Waals surface area contributed by atoms with Gasteiger partial charge in [0.1, 0.15) is 0 Å². The van der Waals surface area contributed by atoms with Crippen LogP contribution in [0.4, 0.5) is 0 Å². The van der Waals surface area contributed by atoms with Crippen molar-refractivity contribution in [3.05, 3.63) is 156 Å². The Kier molecular flexibility index (Phi) is 10.1. The van der Waals surface area contributed by atoms with Gasteiger partial charge in [0.25, 0.3) is 6.33 Å². The number of rotatable bonds is 6. The number of fused-ring (bicyclic) bond motifs is 7. The molecule has 6 aromatic carbocycles. The number of nitrogens with zero attached hydrogens (tertiary/aromatic N) is 3. The molecule has 53 heavy (non-hydrogen) atoms. The van der Waals surface area contributed by atoms with Crippen molar-refractivity contribution in [1.82, 2.24) is 8.97 Å². The minimum Gasteiger partial charge on any atom is -0.334 e. The molecule has 0 N–H and O–H groups in total. The third-order valence-corrected chi connectivity index (χ3v) is 10.8. The maximum Gasteiger partial charge on any atom is 0.269 e. The van der Waals surface area contributed by atoms with Crippen molar-refractivity contribution in [2.24, 2.45) is 0 Å². The maximum atomic E-state index is 3.84. The van der Waals surface area contributed by atoms with Gasteiger partial charge in [0, 0.05) is 33.4 Å². The quantitative estimate of drug-likeness (QED) is 0.0897. The van der Waals surface area contributed by atoms with E-state index in [0.29, 0.717) is 23.7 Å². The Bertz CT molecular complexity index is 2480.